The molecule has 1 unspecified atom stereocenters. The van der Waals surface area contributed by atoms with Crippen molar-refractivity contribution in [2.24, 2.45) is 0 Å². The minimum atomic E-state index is 0.359. The van der Waals surface area contributed by atoms with Gasteiger partial charge >= 0.3 is 0 Å². The summed E-state index contributed by atoms with van der Waals surface area (Å²) in [6.07, 6.45) is 5.33. The van der Waals surface area contributed by atoms with Crippen LogP contribution in [-0.2, 0) is 6.54 Å². The summed E-state index contributed by atoms with van der Waals surface area (Å²) in [6, 6.07) is 8.26. The average molecular weight is 260 g/mol. The van der Waals surface area contributed by atoms with E-state index in [1.165, 1.54) is 31.2 Å². The van der Waals surface area contributed by atoms with Gasteiger partial charge in [-0.2, -0.15) is 0 Å². The summed E-state index contributed by atoms with van der Waals surface area (Å²) in [5.41, 5.74) is 1.58. The van der Waals surface area contributed by atoms with Gasteiger partial charge in [-0.3, -0.25) is 4.90 Å². The number of hydrogen-bond donors (Lipinski definition) is 2. The molecule has 0 amide bonds. The van der Waals surface area contributed by atoms with Crippen molar-refractivity contribution in [3.63, 3.8) is 0 Å². The minimum absolute atomic E-state index is 0.359. The summed E-state index contributed by atoms with van der Waals surface area (Å²) >= 11 is 0. The Balaban J connectivity index is 1.79. The fourth-order valence-electron chi connectivity index (χ4n) is 3.70. The third kappa shape index (κ3) is 2.63. The lowest BCUT2D eigenvalue weighted by Gasteiger charge is -2.48. The Morgan fingerprint density at radius 3 is 2.89 bits per heavy atom. The predicted molar refractivity (Wildman–Crippen MR) is 77.2 cm³/mol. The van der Waals surface area contributed by atoms with Crippen molar-refractivity contribution in [2.75, 3.05) is 13.1 Å². The predicted octanol–water partition coefficient (Wildman–Crippen LogP) is 2.50. The maximum Gasteiger partial charge on any atom is 0.115 e. The van der Waals surface area contributed by atoms with Crippen LogP contribution >= 0.6 is 0 Å². The van der Waals surface area contributed by atoms with Crippen LogP contribution in [0.3, 0.4) is 0 Å². The molecule has 19 heavy (non-hydrogen) atoms. The molecular weight excluding hydrogens is 236 g/mol. The molecule has 1 aromatic carbocycles. The summed E-state index contributed by atoms with van der Waals surface area (Å²) < 4.78 is 0. The Hall–Kier alpha value is -1.06. The molecule has 2 N–H and O–H groups in total. The zero-order valence-corrected chi connectivity index (χ0v) is 11.7. The molecule has 3 rings (SSSR count). The Kier molecular flexibility index (Phi) is 3.50. The number of hydrogen-bond acceptors (Lipinski definition) is 3. The van der Waals surface area contributed by atoms with Gasteiger partial charge in [-0.15, -0.1) is 0 Å². The standard InChI is InChI=1S/C16H24N2O/c1-13-10-18(11-14-5-4-6-15(19)9-14)16(12-17-13)7-2-3-8-16/h4-6,9,13,17,19H,2-3,7-8,10-12H2,1H3. The second-order valence-corrected chi connectivity index (χ2v) is 6.26. The van der Waals surface area contributed by atoms with Crippen LogP contribution in [0.4, 0.5) is 0 Å². The number of aromatic hydroxyl groups is 1. The Morgan fingerprint density at radius 2 is 2.16 bits per heavy atom. The van der Waals surface area contributed by atoms with Gasteiger partial charge in [0.2, 0.25) is 0 Å². The molecule has 1 saturated carbocycles. The van der Waals surface area contributed by atoms with E-state index >= 15 is 0 Å². The molecule has 3 nitrogen and oxygen atoms in total. The zero-order valence-electron chi connectivity index (χ0n) is 11.7. The second kappa shape index (κ2) is 5.14. The number of phenols is 1. The first kappa shape index (κ1) is 12.9. The number of phenolic OH excluding ortho intramolecular Hbond substituents is 1. The number of nitrogens with one attached hydrogen (secondary N) is 1. The largest absolute Gasteiger partial charge is 0.508 e. The van der Waals surface area contributed by atoms with E-state index in [1.807, 2.05) is 12.1 Å². The molecule has 1 heterocycles. The van der Waals surface area contributed by atoms with Crippen molar-refractivity contribution in [3.8, 4) is 5.75 Å². The van der Waals surface area contributed by atoms with Gasteiger partial charge < -0.3 is 10.4 Å². The Morgan fingerprint density at radius 1 is 1.37 bits per heavy atom. The highest BCUT2D eigenvalue weighted by atomic mass is 16.3. The first-order valence-corrected chi connectivity index (χ1v) is 7.44. The molecule has 1 spiro atoms. The van der Waals surface area contributed by atoms with Gasteiger partial charge in [0.25, 0.3) is 0 Å². The van der Waals surface area contributed by atoms with Crippen molar-refractivity contribution >= 4 is 0 Å². The minimum Gasteiger partial charge on any atom is -0.508 e. The van der Waals surface area contributed by atoms with Crippen LogP contribution in [0.2, 0.25) is 0 Å². The Labute approximate surface area is 115 Å². The van der Waals surface area contributed by atoms with E-state index in [0.717, 1.165) is 19.6 Å². The highest BCUT2D eigenvalue weighted by molar-refractivity contribution is 5.27. The van der Waals surface area contributed by atoms with Crippen LogP contribution in [0.15, 0.2) is 24.3 Å². The maximum absolute atomic E-state index is 9.62. The summed E-state index contributed by atoms with van der Waals surface area (Å²) in [4.78, 5) is 2.65. The molecule has 104 valence electrons. The van der Waals surface area contributed by atoms with Crippen LogP contribution in [0, 0.1) is 0 Å². The van der Waals surface area contributed by atoms with Crippen molar-refractivity contribution in [1.29, 1.82) is 0 Å². The number of rotatable bonds is 2. The van der Waals surface area contributed by atoms with Crippen LogP contribution in [-0.4, -0.2) is 34.7 Å². The van der Waals surface area contributed by atoms with Crippen LogP contribution in [0.1, 0.15) is 38.2 Å². The van der Waals surface area contributed by atoms with E-state index < -0.39 is 0 Å². The fraction of sp³-hybridized carbons (Fsp3) is 0.625. The molecule has 1 saturated heterocycles. The van der Waals surface area contributed by atoms with Gasteiger partial charge in [0, 0.05) is 31.2 Å². The number of benzene rings is 1. The topological polar surface area (TPSA) is 35.5 Å². The average Bonchev–Trinajstić information content (AvgIpc) is 2.84. The van der Waals surface area contributed by atoms with E-state index in [0.29, 0.717) is 17.3 Å². The maximum atomic E-state index is 9.62. The summed E-state index contributed by atoms with van der Waals surface area (Å²) in [5, 5.41) is 13.3. The lowest BCUT2D eigenvalue weighted by molar-refractivity contribution is 0.0392. The van der Waals surface area contributed by atoms with E-state index in [4.69, 9.17) is 0 Å². The van der Waals surface area contributed by atoms with Crippen molar-refractivity contribution in [3.05, 3.63) is 29.8 Å². The quantitative estimate of drug-likeness (QED) is 0.857. The second-order valence-electron chi connectivity index (χ2n) is 6.26. The first-order chi connectivity index (χ1) is 9.18. The van der Waals surface area contributed by atoms with Crippen molar-refractivity contribution in [2.45, 2.75) is 50.7 Å². The van der Waals surface area contributed by atoms with E-state index in [9.17, 15) is 5.11 Å². The van der Waals surface area contributed by atoms with Gasteiger partial charge in [-0.1, -0.05) is 25.0 Å². The highest BCUT2D eigenvalue weighted by Crippen LogP contribution is 2.37. The van der Waals surface area contributed by atoms with Crippen molar-refractivity contribution < 1.29 is 5.11 Å². The third-order valence-electron chi connectivity index (χ3n) is 4.76. The summed E-state index contributed by atoms with van der Waals surface area (Å²) in [6.45, 7) is 5.44. The molecule has 2 fully saturated rings. The van der Waals surface area contributed by atoms with Crippen molar-refractivity contribution in [1.82, 2.24) is 10.2 Å². The van der Waals surface area contributed by atoms with Gasteiger partial charge in [-0.25, -0.2) is 0 Å². The van der Waals surface area contributed by atoms with Crippen LogP contribution < -0.4 is 5.32 Å². The molecule has 0 aromatic heterocycles. The highest BCUT2D eigenvalue weighted by Gasteiger charge is 2.42. The van der Waals surface area contributed by atoms with Gasteiger partial charge in [0.05, 0.1) is 0 Å². The first-order valence-electron chi connectivity index (χ1n) is 7.44. The van der Waals surface area contributed by atoms with Crippen LogP contribution in [0.25, 0.3) is 0 Å². The van der Waals surface area contributed by atoms with E-state index in [2.05, 4.69) is 23.2 Å². The van der Waals surface area contributed by atoms with Gasteiger partial charge in [-0.05, 0) is 37.5 Å². The van der Waals surface area contributed by atoms with Gasteiger partial charge in [0.1, 0.15) is 5.75 Å². The monoisotopic (exact) mass is 260 g/mol. The van der Waals surface area contributed by atoms with Gasteiger partial charge in [0.15, 0.2) is 0 Å². The molecule has 3 heteroatoms. The molecular formula is C16H24N2O. The molecule has 1 aliphatic carbocycles. The fourth-order valence-corrected chi connectivity index (χ4v) is 3.70. The van der Waals surface area contributed by atoms with E-state index in [1.54, 1.807) is 6.07 Å². The molecule has 0 radical (unpaired) electrons. The molecule has 1 atom stereocenters. The molecule has 2 aliphatic rings. The number of nitrogens with zero attached hydrogens (tertiary/aromatic N) is 1. The SMILES string of the molecule is CC1CN(Cc2cccc(O)c2)C2(CCCC2)CN1. The zero-order chi connectivity index (χ0) is 13.3. The number of piperazine rings is 1. The normalized spacial score (nSPS) is 26.9. The smallest absolute Gasteiger partial charge is 0.115 e. The third-order valence-corrected chi connectivity index (χ3v) is 4.76. The Bertz CT molecular complexity index is 440. The lowest BCUT2D eigenvalue weighted by Crippen LogP contribution is -2.62. The molecule has 0 bridgehead atoms. The van der Waals surface area contributed by atoms with E-state index in [-0.39, 0.29) is 0 Å². The summed E-state index contributed by atoms with van der Waals surface area (Å²) in [5.74, 6) is 0.376. The lowest BCUT2D eigenvalue weighted by atomic mass is 9.90. The van der Waals surface area contributed by atoms with Crippen LogP contribution in [0.5, 0.6) is 5.75 Å². The molecule has 1 aromatic rings. The molecule has 1 aliphatic heterocycles. The summed E-state index contributed by atoms with van der Waals surface area (Å²) in [7, 11) is 0.